The Morgan fingerprint density at radius 3 is 2.60 bits per heavy atom. The van der Waals surface area contributed by atoms with Crippen molar-refractivity contribution in [2.24, 2.45) is 5.92 Å². The lowest BCUT2D eigenvalue weighted by Gasteiger charge is -2.34. The van der Waals surface area contributed by atoms with Gasteiger partial charge in [-0.2, -0.15) is 0 Å². The predicted octanol–water partition coefficient (Wildman–Crippen LogP) is 4.52. The summed E-state index contributed by atoms with van der Waals surface area (Å²) < 4.78 is 5.07. The zero-order valence-corrected chi connectivity index (χ0v) is 17.5. The molecular weight excluding hydrogens is 376 g/mol. The molecule has 0 unspecified atom stereocenters. The van der Waals surface area contributed by atoms with Crippen LogP contribution in [-0.4, -0.2) is 34.0 Å². The maximum Gasteiger partial charge on any atom is 0.253 e. The van der Waals surface area contributed by atoms with Gasteiger partial charge in [0.2, 0.25) is 5.88 Å². The molecule has 3 heterocycles. The Hall–Kier alpha value is -3.02. The summed E-state index contributed by atoms with van der Waals surface area (Å²) >= 11 is 0. The van der Waals surface area contributed by atoms with Gasteiger partial charge in [-0.3, -0.25) is 4.79 Å². The maximum absolute atomic E-state index is 12.7. The summed E-state index contributed by atoms with van der Waals surface area (Å²) in [7, 11) is 1.57. The van der Waals surface area contributed by atoms with Gasteiger partial charge >= 0.3 is 0 Å². The first kappa shape index (κ1) is 20.3. The summed E-state index contributed by atoms with van der Waals surface area (Å²) in [6.07, 6.45) is 10.6. The van der Waals surface area contributed by atoms with Gasteiger partial charge in [0.25, 0.3) is 5.91 Å². The van der Waals surface area contributed by atoms with Crippen LogP contribution in [0.5, 0.6) is 5.88 Å². The molecule has 6 heteroatoms. The van der Waals surface area contributed by atoms with Crippen LogP contribution in [0, 0.1) is 5.92 Å². The van der Waals surface area contributed by atoms with Crippen LogP contribution in [-0.2, 0) is 0 Å². The number of hydrogen-bond donors (Lipinski definition) is 1. The zero-order chi connectivity index (χ0) is 20.9. The molecule has 0 bridgehead atoms. The standard InChI is InChI=1S/C24H28N4O2/c1-3-21(28-24(29)18-10-11-22(30-2)27-15-18)17-8-6-16(7-9-17)19-12-14-26-23-20(19)5-4-13-25-23/h4-5,10-17,21H,3,6-9H2,1-2H3,(H,28,29)/t16-,17-,21-/m0/s1. The minimum Gasteiger partial charge on any atom is -0.481 e. The first-order valence-electron chi connectivity index (χ1n) is 10.7. The number of nitrogens with zero attached hydrogens (tertiary/aromatic N) is 3. The lowest BCUT2D eigenvalue weighted by Crippen LogP contribution is -2.41. The molecule has 1 fully saturated rings. The van der Waals surface area contributed by atoms with E-state index in [4.69, 9.17) is 4.74 Å². The van der Waals surface area contributed by atoms with Gasteiger partial charge in [-0.15, -0.1) is 0 Å². The molecule has 30 heavy (non-hydrogen) atoms. The Labute approximate surface area is 177 Å². The summed E-state index contributed by atoms with van der Waals surface area (Å²) in [5.74, 6) is 1.46. The molecule has 156 valence electrons. The molecule has 0 radical (unpaired) electrons. The van der Waals surface area contributed by atoms with Crippen molar-refractivity contribution in [2.75, 3.05) is 7.11 Å². The predicted molar refractivity (Wildman–Crippen MR) is 117 cm³/mol. The van der Waals surface area contributed by atoms with Crippen LogP contribution in [0.1, 0.15) is 60.9 Å². The van der Waals surface area contributed by atoms with Crippen LogP contribution >= 0.6 is 0 Å². The van der Waals surface area contributed by atoms with Crippen LogP contribution < -0.4 is 10.1 Å². The van der Waals surface area contributed by atoms with Crippen molar-refractivity contribution in [3.8, 4) is 5.88 Å². The Balaban J connectivity index is 1.40. The van der Waals surface area contributed by atoms with E-state index >= 15 is 0 Å². The highest BCUT2D eigenvalue weighted by atomic mass is 16.5. The molecule has 1 aliphatic carbocycles. The van der Waals surface area contributed by atoms with Gasteiger partial charge in [-0.05, 0) is 73.8 Å². The fraction of sp³-hybridized carbons (Fsp3) is 0.417. The van der Waals surface area contributed by atoms with Crippen LogP contribution in [0.2, 0.25) is 0 Å². The molecule has 4 rings (SSSR count). The Morgan fingerprint density at radius 2 is 1.90 bits per heavy atom. The lowest BCUT2D eigenvalue weighted by molar-refractivity contribution is 0.0909. The van der Waals surface area contributed by atoms with Crippen LogP contribution in [0.4, 0.5) is 0 Å². The second-order valence-electron chi connectivity index (χ2n) is 7.96. The smallest absolute Gasteiger partial charge is 0.253 e. The molecule has 1 saturated carbocycles. The average molecular weight is 405 g/mol. The minimum atomic E-state index is -0.0645. The fourth-order valence-electron chi connectivity index (χ4n) is 4.63. The van der Waals surface area contributed by atoms with E-state index in [0.29, 0.717) is 23.3 Å². The highest BCUT2D eigenvalue weighted by molar-refractivity contribution is 5.94. The van der Waals surface area contributed by atoms with E-state index in [-0.39, 0.29) is 11.9 Å². The number of fused-ring (bicyclic) bond motifs is 1. The number of amides is 1. The number of methoxy groups -OCH3 is 1. The summed E-state index contributed by atoms with van der Waals surface area (Å²) in [6, 6.07) is 9.90. The Kier molecular flexibility index (Phi) is 6.21. The van der Waals surface area contributed by atoms with E-state index < -0.39 is 0 Å². The molecular formula is C24H28N4O2. The van der Waals surface area contributed by atoms with Crippen molar-refractivity contribution in [2.45, 2.75) is 51.0 Å². The molecule has 0 spiro atoms. The summed E-state index contributed by atoms with van der Waals surface area (Å²) in [4.78, 5) is 25.6. The van der Waals surface area contributed by atoms with Crippen molar-refractivity contribution >= 4 is 16.9 Å². The third-order valence-corrected chi connectivity index (χ3v) is 6.29. The second-order valence-corrected chi connectivity index (χ2v) is 7.96. The van der Waals surface area contributed by atoms with Gasteiger partial charge in [0.1, 0.15) is 0 Å². The SMILES string of the molecule is CC[C@H](NC(=O)c1ccc(OC)nc1)[C@H]1CC[C@H](c2ccnc3ncccc32)CC1. The van der Waals surface area contributed by atoms with Gasteiger partial charge < -0.3 is 10.1 Å². The number of rotatable bonds is 6. The Morgan fingerprint density at radius 1 is 1.10 bits per heavy atom. The number of ether oxygens (including phenoxy) is 1. The molecule has 1 amide bonds. The largest absolute Gasteiger partial charge is 0.481 e. The number of hydrogen-bond acceptors (Lipinski definition) is 5. The molecule has 1 atom stereocenters. The monoisotopic (exact) mass is 404 g/mol. The van der Waals surface area contributed by atoms with Crippen molar-refractivity contribution in [1.29, 1.82) is 0 Å². The minimum absolute atomic E-state index is 0.0645. The van der Waals surface area contributed by atoms with Crippen LogP contribution in [0.15, 0.2) is 48.9 Å². The van der Waals surface area contributed by atoms with Gasteiger partial charge in [0, 0.05) is 36.1 Å². The van der Waals surface area contributed by atoms with Gasteiger partial charge in [0.15, 0.2) is 5.65 Å². The number of nitrogens with one attached hydrogen (secondary N) is 1. The van der Waals surface area contributed by atoms with E-state index in [2.05, 4.69) is 39.3 Å². The van der Waals surface area contributed by atoms with Crippen LogP contribution in [0.25, 0.3) is 11.0 Å². The molecule has 0 aromatic carbocycles. The lowest BCUT2D eigenvalue weighted by atomic mass is 9.75. The summed E-state index contributed by atoms with van der Waals surface area (Å²) in [6.45, 7) is 2.14. The van der Waals surface area contributed by atoms with Crippen molar-refractivity contribution in [3.05, 3.63) is 60.0 Å². The highest BCUT2D eigenvalue weighted by Gasteiger charge is 2.29. The number of pyridine rings is 3. The third-order valence-electron chi connectivity index (χ3n) is 6.29. The first-order chi connectivity index (χ1) is 14.7. The summed E-state index contributed by atoms with van der Waals surface area (Å²) in [5, 5.41) is 4.40. The molecule has 3 aromatic rings. The first-order valence-corrected chi connectivity index (χ1v) is 10.7. The number of aromatic nitrogens is 3. The molecule has 0 saturated heterocycles. The molecule has 1 aliphatic rings. The fourth-order valence-corrected chi connectivity index (χ4v) is 4.63. The molecule has 6 nitrogen and oxygen atoms in total. The van der Waals surface area contributed by atoms with Crippen molar-refractivity contribution in [1.82, 2.24) is 20.3 Å². The van der Waals surface area contributed by atoms with E-state index in [9.17, 15) is 4.79 Å². The third kappa shape index (κ3) is 4.27. The molecule has 3 aromatic heterocycles. The van der Waals surface area contributed by atoms with E-state index in [1.807, 2.05) is 12.3 Å². The number of carbonyl (C=O) groups is 1. The highest BCUT2D eigenvalue weighted by Crippen LogP contribution is 2.39. The van der Waals surface area contributed by atoms with E-state index in [1.54, 1.807) is 31.6 Å². The van der Waals surface area contributed by atoms with Gasteiger partial charge in [-0.25, -0.2) is 15.0 Å². The number of carbonyl (C=O) groups excluding carboxylic acids is 1. The quantitative estimate of drug-likeness (QED) is 0.654. The maximum atomic E-state index is 12.7. The van der Waals surface area contributed by atoms with Crippen LogP contribution in [0.3, 0.4) is 0 Å². The van der Waals surface area contributed by atoms with E-state index in [1.165, 1.54) is 5.56 Å². The molecule has 1 N–H and O–H groups in total. The average Bonchev–Trinajstić information content (AvgIpc) is 2.82. The van der Waals surface area contributed by atoms with E-state index in [0.717, 1.165) is 43.1 Å². The normalized spacial score (nSPS) is 19.9. The van der Waals surface area contributed by atoms with Crippen molar-refractivity contribution in [3.63, 3.8) is 0 Å². The Bertz CT molecular complexity index is 992. The van der Waals surface area contributed by atoms with Gasteiger partial charge in [0.05, 0.1) is 12.7 Å². The summed E-state index contributed by atoms with van der Waals surface area (Å²) in [5.41, 5.74) is 2.75. The topological polar surface area (TPSA) is 77.0 Å². The molecule has 0 aliphatic heterocycles. The van der Waals surface area contributed by atoms with Gasteiger partial charge in [-0.1, -0.05) is 6.92 Å². The second kappa shape index (κ2) is 9.20. The zero-order valence-electron chi connectivity index (χ0n) is 17.5. The van der Waals surface area contributed by atoms with Crippen molar-refractivity contribution < 1.29 is 9.53 Å².